The molecule has 1 unspecified atom stereocenters. The summed E-state index contributed by atoms with van der Waals surface area (Å²) in [7, 11) is 0. The number of hydrogen-bond donors (Lipinski definition) is 2. The van der Waals surface area contributed by atoms with Crippen molar-refractivity contribution in [1.29, 1.82) is 0 Å². The largest absolute Gasteiger partial charge is 0.386 e. The van der Waals surface area contributed by atoms with Gasteiger partial charge in [0.2, 0.25) is 0 Å². The van der Waals surface area contributed by atoms with Crippen LogP contribution in [0.3, 0.4) is 0 Å². The van der Waals surface area contributed by atoms with Crippen LogP contribution in [0, 0.1) is 5.41 Å². The van der Waals surface area contributed by atoms with Gasteiger partial charge >= 0.3 is 0 Å². The molecule has 0 aliphatic heterocycles. The van der Waals surface area contributed by atoms with Gasteiger partial charge in [-0.15, -0.1) is 0 Å². The van der Waals surface area contributed by atoms with Crippen molar-refractivity contribution in [3.63, 3.8) is 0 Å². The number of nitrogens with zero attached hydrogens (tertiary/aromatic N) is 2. The predicted molar refractivity (Wildman–Crippen MR) is 82.8 cm³/mol. The molecule has 1 aromatic heterocycles. The zero-order valence-electron chi connectivity index (χ0n) is 12.5. The summed E-state index contributed by atoms with van der Waals surface area (Å²) in [5, 5.41) is 11.0. The number of aryl methyl sites for hydroxylation is 1. The van der Waals surface area contributed by atoms with Gasteiger partial charge in [0.05, 0.1) is 18.2 Å². The van der Waals surface area contributed by atoms with E-state index in [0.717, 1.165) is 31.5 Å². The van der Waals surface area contributed by atoms with Crippen LogP contribution < -0.4 is 5.73 Å². The Kier molecular flexibility index (Phi) is 3.83. The molecule has 3 rings (SSSR count). The van der Waals surface area contributed by atoms with Crippen LogP contribution in [-0.4, -0.2) is 21.2 Å². The van der Waals surface area contributed by atoms with E-state index in [2.05, 4.69) is 36.2 Å². The molecule has 112 valence electrons. The summed E-state index contributed by atoms with van der Waals surface area (Å²) in [6.45, 7) is 3.47. The van der Waals surface area contributed by atoms with Crippen molar-refractivity contribution in [2.75, 3.05) is 6.54 Å². The van der Waals surface area contributed by atoms with Crippen LogP contribution in [0.2, 0.25) is 0 Å². The fraction of sp³-hybridized carbons (Fsp3) is 0.471. The number of nitrogens with two attached hydrogens (primary N) is 1. The van der Waals surface area contributed by atoms with Crippen LogP contribution in [-0.2, 0) is 19.4 Å². The molecule has 1 aliphatic rings. The molecule has 21 heavy (non-hydrogen) atoms. The van der Waals surface area contributed by atoms with Gasteiger partial charge in [0.25, 0.3) is 0 Å². The van der Waals surface area contributed by atoms with E-state index in [9.17, 15) is 5.11 Å². The van der Waals surface area contributed by atoms with Crippen LogP contribution in [0.5, 0.6) is 0 Å². The number of hydrogen-bond acceptors (Lipinski definition) is 3. The Morgan fingerprint density at radius 1 is 1.33 bits per heavy atom. The van der Waals surface area contributed by atoms with E-state index in [1.54, 1.807) is 12.5 Å². The first-order valence-electron chi connectivity index (χ1n) is 7.65. The Labute approximate surface area is 125 Å². The lowest BCUT2D eigenvalue weighted by Gasteiger charge is -2.33. The quantitative estimate of drug-likeness (QED) is 0.884. The second kappa shape index (κ2) is 5.62. The second-order valence-corrected chi connectivity index (χ2v) is 6.10. The molecule has 0 bridgehead atoms. The average molecular weight is 285 g/mol. The maximum Gasteiger partial charge on any atom is 0.103 e. The smallest absolute Gasteiger partial charge is 0.103 e. The summed E-state index contributed by atoms with van der Waals surface area (Å²) in [5.41, 5.74) is 9.28. The molecule has 0 amide bonds. The Morgan fingerprint density at radius 2 is 2.00 bits per heavy atom. The zero-order valence-corrected chi connectivity index (χ0v) is 12.5. The lowest BCUT2D eigenvalue weighted by molar-refractivity contribution is 0.0295. The standard InChI is InChI=1S/C17H23N3O/c1-2-7-20-12-19-10-15(20)16(21)17(11-18)8-13-5-3-4-6-14(13)9-17/h3-6,10,12,16,21H,2,7-9,11,18H2,1H3. The molecular formula is C17H23N3O. The number of rotatable bonds is 5. The minimum atomic E-state index is -0.580. The summed E-state index contributed by atoms with van der Waals surface area (Å²) in [6.07, 6.45) is 5.68. The van der Waals surface area contributed by atoms with Crippen LogP contribution >= 0.6 is 0 Å². The van der Waals surface area contributed by atoms with E-state index in [0.29, 0.717) is 6.54 Å². The number of aromatic nitrogens is 2. The highest BCUT2D eigenvalue weighted by Gasteiger charge is 2.43. The van der Waals surface area contributed by atoms with Gasteiger partial charge in [-0.2, -0.15) is 0 Å². The monoisotopic (exact) mass is 285 g/mol. The first kappa shape index (κ1) is 14.3. The first-order valence-corrected chi connectivity index (χ1v) is 7.65. The van der Waals surface area contributed by atoms with E-state index >= 15 is 0 Å². The topological polar surface area (TPSA) is 64.1 Å². The summed E-state index contributed by atoms with van der Waals surface area (Å²) < 4.78 is 2.05. The lowest BCUT2D eigenvalue weighted by atomic mass is 9.78. The zero-order chi connectivity index (χ0) is 14.9. The minimum Gasteiger partial charge on any atom is -0.386 e. The van der Waals surface area contributed by atoms with Gasteiger partial charge in [0.1, 0.15) is 6.10 Å². The molecule has 1 atom stereocenters. The third kappa shape index (κ3) is 2.39. The van der Waals surface area contributed by atoms with E-state index in [1.807, 2.05) is 4.57 Å². The molecule has 1 aromatic carbocycles. The van der Waals surface area contributed by atoms with Gasteiger partial charge in [0, 0.05) is 18.5 Å². The minimum absolute atomic E-state index is 0.310. The second-order valence-electron chi connectivity index (χ2n) is 6.10. The van der Waals surface area contributed by atoms with Crippen molar-refractivity contribution >= 4 is 0 Å². The number of benzene rings is 1. The number of aliphatic hydroxyl groups is 1. The van der Waals surface area contributed by atoms with Gasteiger partial charge in [0.15, 0.2) is 0 Å². The van der Waals surface area contributed by atoms with Crippen molar-refractivity contribution in [1.82, 2.24) is 9.55 Å². The Balaban J connectivity index is 1.92. The molecule has 0 fully saturated rings. The molecule has 1 aliphatic carbocycles. The van der Waals surface area contributed by atoms with Crippen LogP contribution in [0.25, 0.3) is 0 Å². The molecule has 0 saturated carbocycles. The molecule has 1 heterocycles. The number of imidazole rings is 1. The summed E-state index contributed by atoms with van der Waals surface area (Å²) >= 11 is 0. The summed E-state index contributed by atoms with van der Waals surface area (Å²) in [4.78, 5) is 4.21. The van der Waals surface area contributed by atoms with Crippen molar-refractivity contribution in [2.45, 2.75) is 38.8 Å². The van der Waals surface area contributed by atoms with Crippen LogP contribution in [0.4, 0.5) is 0 Å². The summed E-state index contributed by atoms with van der Waals surface area (Å²) in [5.74, 6) is 0. The van der Waals surface area contributed by atoms with Crippen molar-refractivity contribution in [2.24, 2.45) is 11.1 Å². The van der Waals surface area contributed by atoms with Crippen LogP contribution in [0.15, 0.2) is 36.8 Å². The fourth-order valence-electron chi connectivity index (χ4n) is 3.47. The Hall–Kier alpha value is -1.65. The number of fused-ring (bicyclic) bond motifs is 1. The first-order chi connectivity index (χ1) is 10.2. The van der Waals surface area contributed by atoms with E-state index in [-0.39, 0.29) is 5.41 Å². The average Bonchev–Trinajstić information content (AvgIpc) is 3.11. The molecule has 2 aromatic rings. The lowest BCUT2D eigenvalue weighted by Crippen LogP contribution is -2.38. The normalized spacial score (nSPS) is 17.7. The maximum atomic E-state index is 11.0. The molecule has 3 N–H and O–H groups in total. The highest BCUT2D eigenvalue weighted by molar-refractivity contribution is 5.36. The van der Waals surface area contributed by atoms with E-state index < -0.39 is 6.10 Å². The molecule has 0 saturated heterocycles. The fourth-order valence-corrected chi connectivity index (χ4v) is 3.47. The Morgan fingerprint density at radius 3 is 2.57 bits per heavy atom. The van der Waals surface area contributed by atoms with Crippen molar-refractivity contribution in [3.8, 4) is 0 Å². The SMILES string of the molecule is CCCn1cncc1C(O)C1(CN)Cc2ccccc2C1. The Bertz CT molecular complexity index is 595. The van der Waals surface area contributed by atoms with Crippen molar-refractivity contribution < 1.29 is 5.11 Å². The van der Waals surface area contributed by atoms with Gasteiger partial charge in [-0.3, -0.25) is 0 Å². The highest BCUT2D eigenvalue weighted by Crippen LogP contribution is 2.45. The third-order valence-corrected chi connectivity index (χ3v) is 4.68. The van der Waals surface area contributed by atoms with Crippen molar-refractivity contribution in [3.05, 3.63) is 53.6 Å². The summed E-state index contributed by atoms with van der Waals surface area (Å²) in [6, 6.07) is 8.39. The van der Waals surface area contributed by atoms with Crippen LogP contribution in [0.1, 0.15) is 36.3 Å². The molecule has 0 radical (unpaired) electrons. The van der Waals surface area contributed by atoms with Gasteiger partial charge in [-0.05, 0) is 30.4 Å². The van der Waals surface area contributed by atoms with Gasteiger partial charge in [-0.25, -0.2) is 4.98 Å². The number of aliphatic hydroxyl groups excluding tert-OH is 1. The molecule has 0 spiro atoms. The van der Waals surface area contributed by atoms with E-state index in [1.165, 1.54) is 11.1 Å². The highest BCUT2D eigenvalue weighted by atomic mass is 16.3. The van der Waals surface area contributed by atoms with E-state index in [4.69, 9.17) is 5.73 Å². The van der Waals surface area contributed by atoms with Gasteiger partial charge in [-0.1, -0.05) is 31.2 Å². The maximum absolute atomic E-state index is 11.0. The molecule has 4 nitrogen and oxygen atoms in total. The molecular weight excluding hydrogens is 262 g/mol. The molecule has 4 heteroatoms. The third-order valence-electron chi connectivity index (χ3n) is 4.68. The van der Waals surface area contributed by atoms with Gasteiger partial charge < -0.3 is 15.4 Å². The predicted octanol–water partition coefficient (Wildman–Crippen LogP) is 2.07.